The average molecular weight is 268 g/mol. The molecular weight excluding hydrogens is 252 g/mol. The lowest BCUT2D eigenvalue weighted by atomic mass is 10.1. The van der Waals surface area contributed by atoms with Crippen LogP contribution in [0.2, 0.25) is 0 Å². The molecule has 0 atom stereocenters. The molecule has 0 aliphatic rings. The topological polar surface area (TPSA) is 38.9 Å². The minimum Gasteiger partial charge on any atom is -0.399 e. The van der Waals surface area contributed by atoms with E-state index in [2.05, 4.69) is 37.3 Å². The molecule has 19 heavy (non-hydrogen) atoms. The van der Waals surface area contributed by atoms with Crippen LogP contribution in [0.5, 0.6) is 0 Å². The Hall–Kier alpha value is -1.87. The van der Waals surface area contributed by atoms with Gasteiger partial charge in [-0.2, -0.15) is 0 Å². The maximum Gasteiger partial charge on any atom is 0.0941 e. The first-order chi connectivity index (χ1) is 9.20. The molecule has 0 saturated heterocycles. The Morgan fingerprint density at radius 1 is 1.05 bits per heavy atom. The van der Waals surface area contributed by atoms with Crippen LogP contribution in [0.25, 0.3) is 10.2 Å². The number of aromatic nitrogens is 1. The third kappa shape index (κ3) is 2.76. The van der Waals surface area contributed by atoms with Crippen molar-refractivity contribution >= 4 is 27.2 Å². The van der Waals surface area contributed by atoms with Crippen LogP contribution in [0.3, 0.4) is 0 Å². The molecule has 96 valence electrons. The van der Waals surface area contributed by atoms with Gasteiger partial charge in [0.1, 0.15) is 0 Å². The lowest BCUT2D eigenvalue weighted by molar-refractivity contribution is 0.949. The van der Waals surface area contributed by atoms with Crippen molar-refractivity contribution in [2.24, 2.45) is 0 Å². The molecule has 0 aliphatic carbocycles. The van der Waals surface area contributed by atoms with E-state index in [0.29, 0.717) is 0 Å². The Morgan fingerprint density at radius 2 is 1.84 bits per heavy atom. The van der Waals surface area contributed by atoms with Gasteiger partial charge in [-0.3, -0.25) is 0 Å². The van der Waals surface area contributed by atoms with Crippen LogP contribution < -0.4 is 5.73 Å². The van der Waals surface area contributed by atoms with Crippen molar-refractivity contribution in [1.82, 2.24) is 4.98 Å². The van der Waals surface area contributed by atoms with Gasteiger partial charge in [0, 0.05) is 12.1 Å². The molecule has 0 fully saturated rings. The van der Waals surface area contributed by atoms with Crippen LogP contribution in [0, 0.1) is 6.92 Å². The molecule has 0 amide bonds. The van der Waals surface area contributed by atoms with Gasteiger partial charge >= 0.3 is 0 Å². The molecule has 0 aliphatic heterocycles. The Kier molecular flexibility index (Phi) is 3.22. The van der Waals surface area contributed by atoms with Gasteiger partial charge in [0.05, 0.1) is 15.2 Å². The molecule has 2 aromatic carbocycles. The summed E-state index contributed by atoms with van der Waals surface area (Å²) in [6.45, 7) is 2.10. The molecule has 0 saturated carbocycles. The second kappa shape index (κ2) is 5.02. The third-order valence-corrected chi connectivity index (χ3v) is 4.29. The molecule has 1 heterocycles. The number of nitrogen functional groups attached to an aromatic ring is 1. The quantitative estimate of drug-likeness (QED) is 0.730. The van der Waals surface area contributed by atoms with E-state index in [4.69, 9.17) is 10.7 Å². The van der Waals surface area contributed by atoms with Gasteiger partial charge in [0.25, 0.3) is 0 Å². The maximum atomic E-state index is 5.69. The Labute approximate surface area is 116 Å². The fourth-order valence-corrected chi connectivity index (χ4v) is 3.07. The minimum absolute atomic E-state index is 0.819. The summed E-state index contributed by atoms with van der Waals surface area (Å²) >= 11 is 1.79. The summed E-state index contributed by atoms with van der Waals surface area (Å²) in [6, 6.07) is 14.5. The number of benzene rings is 2. The number of anilines is 1. The van der Waals surface area contributed by atoms with Crippen molar-refractivity contribution in [3.63, 3.8) is 0 Å². The SMILES string of the molecule is Cc1ccc2sc(CCc3ccc(N)cc3)nc2c1. The van der Waals surface area contributed by atoms with Crippen LogP contribution in [-0.2, 0) is 12.8 Å². The van der Waals surface area contributed by atoms with Crippen LogP contribution >= 0.6 is 11.3 Å². The van der Waals surface area contributed by atoms with Crippen molar-refractivity contribution < 1.29 is 0 Å². The Balaban J connectivity index is 1.76. The fraction of sp³-hybridized carbons (Fsp3) is 0.188. The van der Waals surface area contributed by atoms with Gasteiger partial charge in [0.15, 0.2) is 0 Å². The zero-order valence-electron chi connectivity index (χ0n) is 10.9. The molecule has 0 bridgehead atoms. The fourth-order valence-electron chi connectivity index (χ4n) is 2.13. The van der Waals surface area contributed by atoms with Crippen molar-refractivity contribution in [2.45, 2.75) is 19.8 Å². The van der Waals surface area contributed by atoms with Gasteiger partial charge in [0.2, 0.25) is 0 Å². The van der Waals surface area contributed by atoms with Crippen LogP contribution in [0.4, 0.5) is 5.69 Å². The number of thiazole rings is 1. The van der Waals surface area contributed by atoms with Crippen molar-refractivity contribution in [2.75, 3.05) is 5.73 Å². The third-order valence-electron chi connectivity index (χ3n) is 3.19. The predicted octanol–water partition coefficient (Wildman–Crippen LogP) is 3.97. The molecular formula is C16H16N2S. The molecule has 3 heteroatoms. The molecule has 0 radical (unpaired) electrons. The first-order valence-electron chi connectivity index (χ1n) is 6.41. The molecule has 2 nitrogen and oxygen atoms in total. The number of hydrogen-bond acceptors (Lipinski definition) is 3. The number of rotatable bonds is 3. The Morgan fingerprint density at radius 3 is 2.63 bits per heavy atom. The molecule has 2 N–H and O–H groups in total. The highest BCUT2D eigenvalue weighted by Crippen LogP contribution is 2.24. The van der Waals surface area contributed by atoms with E-state index >= 15 is 0 Å². The van der Waals surface area contributed by atoms with Crippen LogP contribution in [0.1, 0.15) is 16.1 Å². The number of nitrogens with zero attached hydrogens (tertiary/aromatic N) is 1. The number of nitrogens with two attached hydrogens (primary N) is 1. The van der Waals surface area contributed by atoms with Gasteiger partial charge < -0.3 is 5.73 Å². The highest BCUT2D eigenvalue weighted by Gasteiger charge is 2.04. The van der Waals surface area contributed by atoms with Crippen molar-refractivity contribution in [3.05, 3.63) is 58.6 Å². The largest absolute Gasteiger partial charge is 0.399 e. The van der Waals surface area contributed by atoms with Crippen molar-refractivity contribution in [3.8, 4) is 0 Å². The normalized spacial score (nSPS) is 11.0. The highest BCUT2D eigenvalue weighted by atomic mass is 32.1. The second-order valence-electron chi connectivity index (χ2n) is 4.82. The Bertz CT molecular complexity index is 698. The first kappa shape index (κ1) is 12.2. The molecule has 3 rings (SSSR count). The van der Waals surface area contributed by atoms with Gasteiger partial charge in [-0.25, -0.2) is 4.98 Å². The van der Waals surface area contributed by atoms with E-state index in [1.54, 1.807) is 11.3 Å². The van der Waals surface area contributed by atoms with Gasteiger partial charge in [-0.15, -0.1) is 11.3 Å². The summed E-state index contributed by atoms with van der Waals surface area (Å²) in [5.41, 5.74) is 10.2. The monoisotopic (exact) mass is 268 g/mol. The molecule has 0 spiro atoms. The highest BCUT2D eigenvalue weighted by molar-refractivity contribution is 7.18. The zero-order valence-corrected chi connectivity index (χ0v) is 11.7. The van der Waals surface area contributed by atoms with E-state index in [0.717, 1.165) is 24.0 Å². The van der Waals surface area contributed by atoms with E-state index in [-0.39, 0.29) is 0 Å². The van der Waals surface area contributed by atoms with Gasteiger partial charge in [-0.05, 0) is 48.7 Å². The molecule has 0 unspecified atom stereocenters. The second-order valence-corrected chi connectivity index (χ2v) is 5.94. The van der Waals surface area contributed by atoms with E-state index in [1.807, 2.05) is 12.1 Å². The van der Waals surface area contributed by atoms with Crippen LogP contribution in [-0.4, -0.2) is 4.98 Å². The summed E-state index contributed by atoms with van der Waals surface area (Å²) in [6.07, 6.45) is 2.00. The van der Waals surface area contributed by atoms with E-state index in [9.17, 15) is 0 Å². The minimum atomic E-state index is 0.819. The van der Waals surface area contributed by atoms with Crippen LogP contribution in [0.15, 0.2) is 42.5 Å². The molecule has 1 aromatic heterocycles. The summed E-state index contributed by atoms with van der Waals surface area (Å²) in [4.78, 5) is 4.70. The zero-order chi connectivity index (χ0) is 13.2. The van der Waals surface area contributed by atoms with E-state index in [1.165, 1.54) is 20.8 Å². The summed E-state index contributed by atoms with van der Waals surface area (Å²) in [5.74, 6) is 0. The molecule has 3 aromatic rings. The number of hydrogen-bond donors (Lipinski definition) is 1. The van der Waals surface area contributed by atoms with E-state index < -0.39 is 0 Å². The standard InChI is InChI=1S/C16H16N2S/c1-11-2-8-15-14(10-11)18-16(19-15)9-5-12-3-6-13(17)7-4-12/h2-4,6-8,10H,5,9,17H2,1H3. The summed E-state index contributed by atoms with van der Waals surface area (Å²) < 4.78 is 1.28. The number of fused-ring (bicyclic) bond motifs is 1. The first-order valence-corrected chi connectivity index (χ1v) is 7.23. The summed E-state index contributed by atoms with van der Waals surface area (Å²) in [7, 11) is 0. The maximum absolute atomic E-state index is 5.69. The lowest BCUT2D eigenvalue weighted by Gasteiger charge is -1.99. The lowest BCUT2D eigenvalue weighted by Crippen LogP contribution is -1.91. The number of aryl methyl sites for hydroxylation is 3. The average Bonchev–Trinajstić information content (AvgIpc) is 2.80. The predicted molar refractivity (Wildman–Crippen MR) is 82.6 cm³/mol. The van der Waals surface area contributed by atoms with Gasteiger partial charge in [-0.1, -0.05) is 18.2 Å². The smallest absolute Gasteiger partial charge is 0.0941 e. The summed E-state index contributed by atoms with van der Waals surface area (Å²) in [5, 5.41) is 1.21. The van der Waals surface area contributed by atoms with Crippen molar-refractivity contribution in [1.29, 1.82) is 0 Å².